The molecule has 0 bridgehead atoms. The third-order valence-electron chi connectivity index (χ3n) is 12.9. The number of hydrogen-bond acceptors (Lipinski definition) is 6. The highest BCUT2D eigenvalue weighted by atomic mass is 16.6. The Morgan fingerprint density at radius 3 is 0.859 bits per heavy atom. The van der Waals surface area contributed by atoms with Crippen LogP contribution >= 0.6 is 0 Å². The van der Waals surface area contributed by atoms with Crippen molar-refractivity contribution in [2.24, 2.45) is 0 Å². The predicted molar refractivity (Wildman–Crippen MR) is 307 cm³/mol. The number of carbonyl (C=O) groups excluding carboxylic acids is 3. The minimum Gasteiger partial charge on any atom is -0.462 e. The van der Waals surface area contributed by atoms with Crippen LogP contribution < -0.4 is 0 Å². The average molecular weight is 990 g/mol. The molecule has 0 fully saturated rings. The molecule has 1 atom stereocenters. The molecule has 0 aliphatic heterocycles. The standard InChI is InChI=1S/C65H112O6/c1-4-7-10-13-16-19-22-25-27-29-30-31-32-33-34-35-36-37-39-40-43-46-49-52-55-58-64(67)70-61-62(60-69-63(66)57-54-51-48-45-42-24-21-18-15-12-9-6-3)71-65(68)59-56-53-50-47-44-41-38-28-26-23-20-17-14-11-8-5-2/h7,10,16,19,25,27,30-31,33-34,36-37,40,43,62H,4-6,8-9,11-15,17-18,20-24,26,28-29,32,35,38-39,41-42,44-61H2,1-3H3/b10-7-,19-16-,27-25-,31-30-,34-33-,37-36-,43-40-. The molecule has 6 nitrogen and oxygen atoms in total. The molecule has 0 saturated carbocycles. The molecule has 0 aliphatic rings. The van der Waals surface area contributed by atoms with E-state index in [0.29, 0.717) is 19.3 Å². The Hall–Kier alpha value is -3.41. The fourth-order valence-corrected chi connectivity index (χ4v) is 8.42. The summed E-state index contributed by atoms with van der Waals surface area (Å²) in [5, 5.41) is 0. The van der Waals surface area contributed by atoms with E-state index >= 15 is 0 Å². The van der Waals surface area contributed by atoms with E-state index in [9.17, 15) is 14.4 Å². The average Bonchev–Trinajstić information content (AvgIpc) is 3.37. The Kier molecular flexibility index (Phi) is 56.3. The second kappa shape index (κ2) is 59.2. The van der Waals surface area contributed by atoms with Crippen molar-refractivity contribution in [2.45, 2.75) is 297 Å². The highest BCUT2D eigenvalue weighted by molar-refractivity contribution is 5.71. The van der Waals surface area contributed by atoms with Crippen LogP contribution in [0.4, 0.5) is 0 Å². The molecular weight excluding hydrogens is 877 g/mol. The third-order valence-corrected chi connectivity index (χ3v) is 12.9. The summed E-state index contributed by atoms with van der Waals surface area (Å²) >= 11 is 0. The van der Waals surface area contributed by atoms with Crippen molar-refractivity contribution in [1.29, 1.82) is 0 Å². The Balaban J connectivity index is 4.38. The summed E-state index contributed by atoms with van der Waals surface area (Å²) in [7, 11) is 0. The van der Waals surface area contributed by atoms with Crippen LogP contribution in [-0.4, -0.2) is 37.2 Å². The van der Waals surface area contributed by atoms with Crippen molar-refractivity contribution in [3.63, 3.8) is 0 Å². The summed E-state index contributed by atoms with van der Waals surface area (Å²) in [5.41, 5.74) is 0. The van der Waals surface area contributed by atoms with Gasteiger partial charge in [0.25, 0.3) is 0 Å². The van der Waals surface area contributed by atoms with Crippen LogP contribution in [0.1, 0.15) is 290 Å². The van der Waals surface area contributed by atoms with E-state index in [1.807, 2.05) is 0 Å². The lowest BCUT2D eigenvalue weighted by atomic mass is 10.0. The first-order valence-corrected chi connectivity index (χ1v) is 30.1. The first-order chi connectivity index (χ1) is 35.0. The number of carbonyl (C=O) groups is 3. The Labute approximate surface area is 439 Å². The maximum absolute atomic E-state index is 12.9. The van der Waals surface area contributed by atoms with Crippen LogP contribution in [0.15, 0.2) is 85.1 Å². The van der Waals surface area contributed by atoms with Gasteiger partial charge in [0.2, 0.25) is 0 Å². The van der Waals surface area contributed by atoms with Crippen LogP contribution in [0.2, 0.25) is 0 Å². The van der Waals surface area contributed by atoms with Crippen molar-refractivity contribution >= 4 is 17.9 Å². The molecule has 6 heteroatoms. The van der Waals surface area contributed by atoms with Gasteiger partial charge in [-0.05, 0) is 77.0 Å². The molecule has 0 spiro atoms. The van der Waals surface area contributed by atoms with Crippen molar-refractivity contribution in [3.8, 4) is 0 Å². The van der Waals surface area contributed by atoms with Gasteiger partial charge in [-0.25, -0.2) is 0 Å². The molecule has 1 unspecified atom stereocenters. The van der Waals surface area contributed by atoms with Crippen LogP contribution in [0.3, 0.4) is 0 Å². The molecule has 408 valence electrons. The third kappa shape index (κ3) is 57.4. The topological polar surface area (TPSA) is 78.9 Å². The normalized spacial score (nSPS) is 12.7. The molecule has 0 amide bonds. The SMILES string of the molecule is CC/C=C\C/C=C\C/C=C\C/C=C\C/C=C\C/C=C\C/C=C\CCCCCC(=O)OCC(COC(=O)CCCCCCCCCCCCCC)OC(=O)CCCCCCCCCCCCCCCCCC. The van der Waals surface area contributed by atoms with Gasteiger partial charge in [0.1, 0.15) is 13.2 Å². The van der Waals surface area contributed by atoms with Gasteiger partial charge in [0.05, 0.1) is 0 Å². The van der Waals surface area contributed by atoms with Crippen molar-refractivity contribution < 1.29 is 28.6 Å². The van der Waals surface area contributed by atoms with Crippen molar-refractivity contribution in [3.05, 3.63) is 85.1 Å². The van der Waals surface area contributed by atoms with E-state index in [1.54, 1.807) is 0 Å². The largest absolute Gasteiger partial charge is 0.462 e. The molecule has 0 N–H and O–H groups in total. The maximum atomic E-state index is 12.9. The van der Waals surface area contributed by atoms with E-state index in [1.165, 1.54) is 141 Å². The zero-order chi connectivity index (χ0) is 51.4. The minimum atomic E-state index is -0.787. The molecule has 0 aromatic carbocycles. The summed E-state index contributed by atoms with van der Waals surface area (Å²) in [6.07, 6.45) is 77.2. The number of unbranched alkanes of at least 4 members (excludes halogenated alkanes) is 29. The van der Waals surface area contributed by atoms with Gasteiger partial charge in [-0.1, -0.05) is 279 Å². The van der Waals surface area contributed by atoms with Crippen LogP contribution in [0, 0.1) is 0 Å². The maximum Gasteiger partial charge on any atom is 0.306 e. The lowest BCUT2D eigenvalue weighted by Crippen LogP contribution is -2.30. The molecule has 0 aliphatic carbocycles. The molecule has 0 radical (unpaired) electrons. The molecular formula is C65H112O6. The van der Waals surface area contributed by atoms with E-state index in [0.717, 1.165) is 109 Å². The molecule has 0 heterocycles. The summed E-state index contributed by atoms with van der Waals surface area (Å²) in [6, 6.07) is 0. The lowest BCUT2D eigenvalue weighted by Gasteiger charge is -2.18. The van der Waals surface area contributed by atoms with E-state index < -0.39 is 6.10 Å². The molecule has 71 heavy (non-hydrogen) atoms. The Morgan fingerprint density at radius 1 is 0.296 bits per heavy atom. The van der Waals surface area contributed by atoms with Crippen molar-refractivity contribution in [1.82, 2.24) is 0 Å². The summed E-state index contributed by atoms with van der Waals surface area (Å²) in [5.74, 6) is -0.907. The second-order valence-electron chi connectivity index (χ2n) is 19.9. The molecule has 0 aromatic rings. The summed E-state index contributed by atoms with van der Waals surface area (Å²) < 4.78 is 16.9. The fourth-order valence-electron chi connectivity index (χ4n) is 8.42. The van der Waals surface area contributed by atoms with E-state index in [2.05, 4.69) is 106 Å². The smallest absolute Gasteiger partial charge is 0.306 e. The number of esters is 3. The zero-order valence-corrected chi connectivity index (χ0v) is 46.7. The zero-order valence-electron chi connectivity index (χ0n) is 46.7. The molecule has 0 rings (SSSR count). The lowest BCUT2D eigenvalue weighted by molar-refractivity contribution is -0.167. The van der Waals surface area contributed by atoms with Crippen LogP contribution in [0.25, 0.3) is 0 Å². The van der Waals surface area contributed by atoms with Gasteiger partial charge < -0.3 is 14.2 Å². The van der Waals surface area contributed by atoms with Crippen LogP contribution in [0.5, 0.6) is 0 Å². The molecule has 0 aromatic heterocycles. The Bertz CT molecular complexity index is 1370. The van der Waals surface area contributed by atoms with Crippen LogP contribution in [-0.2, 0) is 28.6 Å². The van der Waals surface area contributed by atoms with Gasteiger partial charge in [-0.2, -0.15) is 0 Å². The minimum absolute atomic E-state index is 0.0834. The second-order valence-corrected chi connectivity index (χ2v) is 19.9. The Morgan fingerprint density at radius 2 is 0.549 bits per heavy atom. The van der Waals surface area contributed by atoms with Gasteiger partial charge in [0, 0.05) is 19.3 Å². The first-order valence-electron chi connectivity index (χ1n) is 30.1. The van der Waals surface area contributed by atoms with Gasteiger partial charge in [-0.15, -0.1) is 0 Å². The monoisotopic (exact) mass is 989 g/mol. The number of hydrogen-bond donors (Lipinski definition) is 0. The van der Waals surface area contributed by atoms with E-state index in [-0.39, 0.29) is 31.1 Å². The number of rotatable bonds is 54. The summed E-state index contributed by atoms with van der Waals surface area (Å²) in [6.45, 7) is 6.52. The highest BCUT2D eigenvalue weighted by Gasteiger charge is 2.19. The quantitative estimate of drug-likeness (QED) is 0.0261. The van der Waals surface area contributed by atoms with Gasteiger partial charge >= 0.3 is 17.9 Å². The van der Waals surface area contributed by atoms with Crippen molar-refractivity contribution in [2.75, 3.05) is 13.2 Å². The number of ether oxygens (including phenoxy) is 3. The highest BCUT2D eigenvalue weighted by Crippen LogP contribution is 2.16. The van der Waals surface area contributed by atoms with Gasteiger partial charge in [0.15, 0.2) is 6.10 Å². The fraction of sp³-hybridized carbons (Fsp3) is 0.738. The summed E-state index contributed by atoms with van der Waals surface area (Å²) in [4.78, 5) is 38.2. The first kappa shape index (κ1) is 67.6. The number of allylic oxidation sites excluding steroid dienone is 14. The van der Waals surface area contributed by atoms with E-state index in [4.69, 9.17) is 14.2 Å². The van der Waals surface area contributed by atoms with Gasteiger partial charge in [-0.3, -0.25) is 14.4 Å². The predicted octanol–water partition coefficient (Wildman–Crippen LogP) is 20.3. The molecule has 0 saturated heterocycles.